The smallest absolute Gasteiger partial charge is 0.320 e. The number of pyridine rings is 1. The lowest BCUT2D eigenvalue weighted by atomic mass is 9.97. The molecule has 2 aliphatic rings. The molecule has 1 aromatic heterocycles. The van der Waals surface area contributed by atoms with Crippen LogP contribution in [0.15, 0.2) is 24.4 Å². The molecular weight excluding hydrogens is 304 g/mol. The molecule has 1 aromatic rings. The van der Waals surface area contributed by atoms with Crippen LogP contribution in [-0.4, -0.2) is 52.9 Å². The SMILES string of the molecule is CN(C(=O)N1CCCC(C(=O)Nc2ccccn2)C1)C1CCCC1. The molecule has 2 heterocycles. The second-order valence-electron chi connectivity index (χ2n) is 6.82. The summed E-state index contributed by atoms with van der Waals surface area (Å²) in [4.78, 5) is 33.0. The van der Waals surface area contributed by atoms with Crippen LogP contribution in [0.1, 0.15) is 38.5 Å². The normalized spacial score (nSPS) is 21.5. The van der Waals surface area contributed by atoms with Crippen LogP contribution in [0.3, 0.4) is 0 Å². The Morgan fingerprint density at radius 1 is 1.21 bits per heavy atom. The van der Waals surface area contributed by atoms with Crippen molar-refractivity contribution < 1.29 is 9.59 Å². The zero-order valence-corrected chi connectivity index (χ0v) is 14.3. The lowest BCUT2D eigenvalue weighted by molar-refractivity contribution is -0.121. The molecule has 0 radical (unpaired) electrons. The minimum absolute atomic E-state index is 0.0466. The summed E-state index contributed by atoms with van der Waals surface area (Å²) in [6.07, 6.45) is 7.94. The van der Waals surface area contributed by atoms with Crippen LogP contribution < -0.4 is 5.32 Å². The highest BCUT2D eigenvalue weighted by molar-refractivity contribution is 5.92. The quantitative estimate of drug-likeness (QED) is 0.927. The molecule has 130 valence electrons. The molecule has 1 saturated heterocycles. The number of nitrogens with one attached hydrogen (secondary N) is 1. The summed E-state index contributed by atoms with van der Waals surface area (Å²) in [5.41, 5.74) is 0. The average Bonchev–Trinajstić information content (AvgIpc) is 3.16. The third-order valence-corrected chi connectivity index (χ3v) is 5.15. The number of carbonyl (C=O) groups excluding carboxylic acids is 2. The first-order valence-corrected chi connectivity index (χ1v) is 8.89. The second kappa shape index (κ2) is 7.64. The maximum atomic E-state index is 12.7. The summed E-state index contributed by atoms with van der Waals surface area (Å²) in [6, 6.07) is 5.86. The van der Waals surface area contributed by atoms with Gasteiger partial charge in [0, 0.05) is 32.4 Å². The van der Waals surface area contributed by atoms with Crippen molar-refractivity contribution in [3.05, 3.63) is 24.4 Å². The van der Waals surface area contributed by atoms with Gasteiger partial charge in [-0.2, -0.15) is 0 Å². The molecule has 6 heteroatoms. The molecule has 2 fully saturated rings. The highest BCUT2D eigenvalue weighted by Crippen LogP contribution is 2.25. The number of hydrogen-bond donors (Lipinski definition) is 1. The Labute approximate surface area is 143 Å². The van der Waals surface area contributed by atoms with Crippen molar-refractivity contribution in [1.82, 2.24) is 14.8 Å². The Hall–Kier alpha value is -2.11. The molecule has 3 amide bonds. The Morgan fingerprint density at radius 2 is 2.00 bits per heavy atom. The summed E-state index contributed by atoms with van der Waals surface area (Å²) in [5, 5.41) is 2.85. The zero-order valence-electron chi connectivity index (χ0n) is 14.3. The van der Waals surface area contributed by atoms with E-state index < -0.39 is 0 Å². The number of carbonyl (C=O) groups is 2. The van der Waals surface area contributed by atoms with Crippen LogP contribution in [0.25, 0.3) is 0 Å². The maximum absolute atomic E-state index is 12.7. The molecule has 0 bridgehead atoms. The zero-order chi connectivity index (χ0) is 16.9. The van der Waals surface area contributed by atoms with E-state index in [1.54, 1.807) is 12.3 Å². The molecule has 1 unspecified atom stereocenters. The number of piperidine rings is 1. The van der Waals surface area contributed by atoms with Gasteiger partial charge in [-0.1, -0.05) is 18.9 Å². The third-order valence-electron chi connectivity index (χ3n) is 5.15. The molecule has 0 aromatic carbocycles. The fourth-order valence-corrected chi connectivity index (χ4v) is 3.70. The molecule has 6 nitrogen and oxygen atoms in total. The van der Waals surface area contributed by atoms with Crippen molar-refractivity contribution in [3.63, 3.8) is 0 Å². The summed E-state index contributed by atoms with van der Waals surface area (Å²) in [6.45, 7) is 1.23. The van der Waals surface area contributed by atoms with Gasteiger partial charge in [0.15, 0.2) is 0 Å². The van der Waals surface area contributed by atoms with Crippen LogP contribution in [0.5, 0.6) is 0 Å². The molecular formula is C18H26N4O2. The Balaban J connectivity index is 1.57. The maximum Gasteiger partial charge on any atom is 0.320 e. The monoisotopic (exact) mass is 330 g/mol. The lowest BCUT2D eigenvalue weighted by Crippen LogP contribution is -2.50. The van der Waals surface area contributed by atoms with E-state index in [0.717, 1.165) is 32.2 Å². The summed E-state index contributed by atoms with van der Waals surface area (Å²) >= 11 is 0. The van der Waals surface area contributed by atoms with Crippen molar-refractivity contribution in [2.24, 2.45) is 5.92 Å². The molecule has 3 rings (SSSR count). The van der Waals surface area contributed by atoms with Gasteiger partial charge >= 0.3 is 6.03 Å². The van der Waals surface area contributed by atoms with Gasteiger partial charge in [0.05, 0.1) is 5.92 Å². The standard InChI is InChI=1S/C18H26N4O2/c1-21(15-8-2-3-9-15)18(24)22-12-6-7-14(13-22)17(23)20-16-10-4-5-11-19-16/h4-5,10-11,14-15H,2-3,6-9,12-13H2,1H3,(H,19,20,23). The Bertz CT molecular complexity index is 572. The van der Waals surface area contributed by atoms with Crippen LogP contribution in [-0.2, 0) is 4.79 Å². The van der Waals surface area contributed by atoms with Gasteiger partial charge in [-0.3, -0.25) is 4.79 Å². The number of anilines is 1. The van der Waals surface area contributed by atoms with E-state index in [-0.39, 0.29) is 17.9 Å². The number of rotatable bonds is 3. The number of nitrogens with zero attached hydrogens (tertiary/aromatic N) is 3. The highest BCUT2D eigenvalue weighted by Gasteiger charge is 2.32. The van der Waals surface area contributed by atoms with Crippen molar-refractivity contribution >= 4 is 17.8 Å². The van der Waals surface area contributed by atoms with Crippen molar-refractivity contribution in [1.29, 1.82) is 0 Å². The first-order chi connectivity index (χ1) is 11.6. The molecule has 1 atom stereocenters. The number of urea groups is 1. The fraction of sp³-hybridized carbons (Fsp3) is 0.611. The lowest BCUT2D eigenvalue weighted by Gasteiger charge is -2.36. The van der Waals surface area contributed by atoms with Gasteiger partial charge in [-0.05, 0) is 37.8 Å². The van der Waals surface area contributed by atoms with Gasteiger partial charge < -0.3 is 15.1 Å². The Morgan fingerprint density at radius 3 is 2.71 bits per heavy atom. The largest absolute Gasteiger partial charge is 0.325 e. The number of hydrogen-bond acceptors (Lipinski definition) is 3. The van der Waals surface area contributed by atoms with E-state index >= 15 is 0 Å². The number of likely N-dealkylation sites (tertiary alicyclic amines) is 1. The molecule has 24 heavy (non-hydrogen) atoms. The van der Waals surface area contributed by atoms with Crippen molar-refractivity contribution in [2.75, 3.05) is 25.5 Å². The first-order valence-electron chi connectivity index (χ1n) is 8.89. The Kier molecular flexibility index (Phi) is 5.33. The predicted molar refractivity (Wildman–Crippen MR) is 92.6 cm³/mol. The fourth-order valence-electron chi connectivity index (χ4n) is 3.70. The topological polar surface area (TPSA) is 65.5 Å². The van der Waals surface area contributed by atoms with Gasteiger partial charge in [0.1, 0.15) is 5.82 Å². The second-order valence-corrected chi connectivity index (χ2v) is 6.82. The van der Waals surface area contributed by atoms with Gasteiger partial charge in [-0.25, -0.2) is 9.78 Å². The minimum atomic E-state index is -0.165. The number of aromatic nitrogens is 1. The number of amides is 3. The van der Waals surface area contributed by atoms with Gasteiger partial charge in [0.25, 0.3) is 0 Å². The molecule has 1 aliphatic heterocycles. The van der Waals surface area contributed by atoms with Crippen LogP contribution in [0.4, 0.5) is 10.6 Å². The molecule has 1 N–H and O–H groups in total. The van der Waals surface area contributed by atoms with Crippen molar-refractivity contribution in [2.45, 2.75) is 44.6 Å². The average molecular weight is 330 g/mol. The van der Waals surface area contributed by atoms with E-state index in [2.05, 4.69) is 10.3 Å². The van der Waals surface area contributed by atoms with E-state index in [4.69, 9.17) is 0 Å². The van der Waals surface area contributed by atoms with E-state index in [9.17, 15) is 9.59 Å². The van der Waals surface area contributed by atoms with E-state index in [1.807, 2.05) is 29.0 Å². The first kappa shape index (κ1) is 16.7. The van der Waals surface area contributed by atoms with Gasteiger partial charge in [0.2, 0.25) is 5.91 Å². The van der Waals surface area contributed by atoms with E-state index in [1.165, 1.54) is 12.8 Å². The highest BCUT2D eigenvalue weighted by atomic mass is 16.2. The van der Waals surface area contributed by atoms with Crippen LogP contribution >= 0.6 is 0 Å². The minimum Gasteiger partial charge on any atom is -0.325 e. The van der Waals surface area contributed by atoms with Crippen LogP contribution in [0.2, 0.25) is 0 Å². The van der Waals surface area contributed by atoms with Gasteiger partial charge in [-0.15, -0.1) is 0 Å². The van der Waals surface area contributed by atoms with Crippen LogP contribution in [0, 0.1) is 5.92 Å². The molecule has 1 aliphatic carbocycles. The third kappa shape index (κ3) is 3.86. The summed E-state index contributed by atoms with van der Waals surface area (Å²) < 4.78 is 0. The molecule has 1 saturated carbocycles. The van der Waals surface area contributed by atoms with Crippen molar-refractivity contribution in [3.8, 4) is 0 Å². The summed E-state index contributed by atoms with van der Waals surface area (Å²) in [5.74, 6) is 0.352. The molecule has 0 spiro atoms. The predicted octanol–water partition coefficient (Wildman–Crippen LogP) is 2.73. The van der Waals surface area contributed by atoms with E-state index in [0.29, 0.717) is 18.4 Å². The summed E-state index contributed by atoms with van der Waals surface area (Å²) in [7, 11) is 1.90.